The predicted octanol–water partition coefficient (Wildman–Crippen LogP) is 1.47. The van der Waals surface area contributed by atoms with Crippen molar-refractivity contribution in [2.75, 3.05) is 26.2 Å². The van der Waals surface area contributed by atoms with Gasteiger partial charge in [0.05, 0.1) is 6.61 Å². The Hall–Kier alpha value is -0.120. The van der Waals surface area contributed by atoms with Gasteiger partial charge >= 0.3 is 0 Å². The molecule has 0 aliphatic heterocycles. The lowest BCUT2D eigenvalue weighted by Crippen LogP contribution is -2.39. The van der Waals surface area contributed by atoms with Gasteiger partial charge in [-0.1, -0.05) is 13.8 Å². The summed E-state index contributed by atoms with van der Waals surface area (Å²) in [6, 6.07) is 0.860. The van der Waals surface area contributed by atoms with Crippen molar-refractivity contribution in [2.45, 2.75) is 52.6 Å². The largest absolute Gasteiger partial charge is 0.395 e. The van der Waals surface area contributed by atoms with Crippen LogP contribution in [-0.4, -0.2) is 48.3 Å². The van der Waals surface area contributed by atoms with E-state index in [0.717, 1.165) is 32.5 Å². The molecule has 0 bridgehead atoms. The van der Waals surface area contributed by atoms with E-state index in [-0.39, 0.29) is 12.6 Å². The Bertz CT molecular complexity index is 140. The zero-order valence-electron chi connectivity index (χ0n) is 10.8. The van der Waals surface area contributed by atoms with Crippen LogP contribution in [0.4, 0.5) is 0 Å². The zero-order chi connectivity index (χ0) is 11.7. The van der Waals surface area contributed by atoms with Crippen LogP contribution < -0.4 is 5.32 Å². The van der Waals surface area contributed by atoms with E-state index in [2.05, 4.69) is 37.9 Å². The molecule has 0 aromatic rings. The number of hydrogen-bond acceptors (Lipinski definition) is 3. The van der Waals surface area contributed by atoms with Crippen LogP contribution in [0, 0.1) is 0 Å². The van der Waals surface area contributed by atoms with E-state index in [1.54, 1.807) is 0 Å². The van der Waals surface area contributed by atoms with E-state index < -0.39 is 0 Å². The van der Waals surface area contributed by atoms with Crippen molar-refractivity contribution in [3.05, 3.63) is 0 Å². The molecule has 0 saturated heterocycles. The highest BCUT2D eigenvalue weighted by Gasteiger charge is 2.11. The molecular formula is C12H28N2O. The highest BCUT2D eigenvalue weighted by molar-refractivity contribution is 4.69. The van der Waals surface area contributed by atoms with Gasteiger partial charge in [-0.15, -0.1) is 0 Å². The van der Waals surface area contributed by atoms with E-state index in [4.69, 9.17) is 0 Å². The SMILES string of the molecule is CCCNC(CO)CCN(CC)C(C)C. The number of hydrogen-bond donors (Lipinski definition) is 2. The highest BCUT2D eigenvalue weighted by Crippen LogP contribution is 2.01. The van der Waals surface area contributed by atoms with Gasteiger partial charge in [0.2, 0.25) is 0 Å². The Balaban J connectivity index is 3.76. The van der Waals surface area contributed by atoms with Crippen molar-refractivity contribution in [1.82, 2.24) is 10.2 Å². The van der Waals surface area contributed by atoms with E-state index in [9.17, 15) is 5.11 Å². The lowest BCUT2D eigenvalue weighted by molar-refractivity contribution is 0.189. The van der Waals surface area contributed by atoms with Gasteiger partial charge in [-0.05, 0) is 46.3 Å². The monoisotopic (exact) mass is 216 g/mol. The normalized spacial score (nSPS) is 13.8. The third-order valence-electron chi connectivity index (χ3n) is 2.80. The van der Waals surface area contributed by atoms with Crippen LogP contribution in [0.25, 0.3) is 0 Å². The van der Waals surface area contributed by atoms with Crippen LogP contribution in [0.15, 0.2) is 0 Å². The second kappa shape index (κ2) is 9.13. The molecule has 0 spiro atoms. The lowest BCUT2D eigenvalue weighted by atomic mass is 10.2. The number of rotatable bonds is 9. The molecule has 0 aliphatic carbocycles. The summed E-state index contributed by atoms with van der Waals surface area (Å²) in [5, 5.41) is 12.6. The minimum Gasteiger partial charge on any atom is -0.395 e. The second-order valence-electron chi connectivity index (χ2n) is 4.34. The highest BCUT2D eigenvalue weighted by atomic mass is 16.3. The molecule has 0 aliphatic rings. The molecule has 1 unspecified atom stereocenters. The Morgan fingerprint density at radius 2 is 1.93 bits per heavy atom. The maximum atomic E-state index is 9.20. The van der Waals surface area contributed by atoms with Gasteiger partial charge in [-0.25, -0.2) is 0 Å². The average Bonchev–Trinajstić information content (AvgIpc) is 2.23. The van der Waals surface area contributed by atoms with Gasteiger partial charge in [-0.2, -0.15) is 0 Å². The van der Waals surface area contributed by atoms with Crippen LogP contribution in [-0.2, 0) is 0 Å². The molecule has 0 saturated carbocycles. The molecule has 0 heterocycles. The third kappa shape index (κ3) is 6.88. The van der Waals surface area contributed by atoms with Crippen LogP contribution in [0.5, 0.6) is 0 Å². The Morgan fingerprint density at radius 3 is 2.33 bits per heavy atom. The lowest BCUT2D eigenvalue weighted by Gasteiger charge is -2.27. The first-order chi connectivity index (χ1) is 7.15. The minimum atomic E-state index is 0.246. The van der Waals surface area contributed by atoms with Gasteiger partial charge in [0.15, 0.2) is 0 Å². The summed E-state index contributed by atoms with van der Waals surface area (Å²) in [5.74, 6) is 0. The van der Waals surface area contributed by atoms with Crippen LogP contribution >= 0.6 is 0 Å². The number of nitrogens with zero attached hydrogens (tertiary/aromatic N) is 1. The first kappa shape index (κ1) is 14.9. The molecule has 0 aromatic carbocycles. The summed E-state index contributed by atoms with van der Waals surface area (Å²) in [4.78, 5) is 2.43. The molecule has 3 heteroatoms. The Morgan fingerprint density at radius 1 is 1.27 bits per heavy atom. The summed E-state index contributed by atoms with van der Waals surface area (Å²) in [6.45, 7) is 12.2. The molecule has 0 radical (unpaired) electrons. The van der Waals surface area contributed by atoms with Crippen molar-refractivity contribution < 1.29 is 5.11 Å². The van der Waals surface area contributed by atoms with E-state index in [1.165, 1.54) is 0 Å². The fourth-order valence-electron chi connectivity index (χ4n) is 1.71. The number of aliphatic hydroxyl groups is 1. The van der Waals surface area contributed by atoms with Crippen molar-refractivity contribution in [3.63, 3.8) is 0 Å². The van der Waals surface area contributed by atoms with Crippen molar-refractivity contribution in [2.24, 2.45) is 0 Å². The number of aliphatic hydroxyl groups excluding tert-OH is 1. The minimum absolute atomic E-state index is 0.246. The first-order valence-electron chi connectivity index (χ1n) is 6.23. The fourth-order valence-corrected chi connectivity index (χ4v) is 1.71. The van der Waals surface area contributed by atoms with E-state index in [1.807, 2.05) is 0 Å². The Kier molecular flexibility index (Phi) is 9.06. The van der Waals surface area contributed by atoms with E-state index >= 15 is 0 Å². The third-order valence-corrected chi connectivity index (χ3v) is 2.80. The molecule has 0 amide bonds. The fraction of sp³-hybridized carbons (Fsp3) is 1.00. The molecule has 1 atom stereocenters. The summed E-state index contributed by atoms with van der Waals surface area (Å²) in [6.07, 6.45) is 2.15. The van der Waals surface area contributed by atoms with Crippen LogP contribution in [0.2, 0.25) is 0 Å². The van der Waals surface area contributed by atoms with Gasteiger partial charge in [0.25, 0.3) is 0 Å². The van der Waals surface area contributed by atoms with Crippen LogP contribution in [0.3, 0.4) is 0 Å². The molecule has 15 heavy (non-hydrogen) atoms. The molecular weight excluding hydrogens is 188 g/mol. The zero-order valence-corrected chi connectivity index (χ0v) is 10.8. The summed E-state index contributed by atoms with van der Waals surface area (Å²) in [7, 11) is 0. The molecule has 0 rings (SSSR count). The molecule has 3 nitrogen and oxygen atoms in total. The summed E-state index contributed by atoms with van der Waals surface area (Å²) < 4.78 is 0. The molecule has 92 valence electrons. The van der Waals surface area contributed by atoms with Crippen molar-refractivity contribution in [3.8, 4) is 0 Å². The standard InChI is InChI=1S/C12H28N2O/c1-5-8-13-12(10-15)7-9-14(6-2)11(3)4/h11-13,15H,5-10H2,1-4H3. The smallest absolute Gasteiger partial charge is 0.0585 e. The first-order valence-corrected chi connectivity index (χ1v) is 6.23. The average molecular weight is 216 g/mol. The summed E-state index contributed by atoms with van der Waals surface area (Å²) in [5.41, 5.74) is 0. The van der Waals surface area contributed by atoms with E-state index in [0.29, 0.717) is 6.04 Å². The quantitative estimate of drug-likeness (QED) is 0.612. The molecule has 0 fully saturated rings. The topological polar surface area (TPSA) is 35.5 Å². The molecule has 2 N–H and O–H groups in total. The predicted molar refractivity (Wildman–Crippen MR) is 66.2 cm³/mol. The van der Waals surface area contributed by atoms with Gasteiger partial charge < -0.3 is 15.3 Å². The summed E-state index contributed by atoms with van der Waals surface area (Å²) >= 11 is 0. The second-order valence-corrected chi connectivity index (χ2v) is 4.34. The van der Waals surface area contributed by atoms with Gasteiger partial charge in [-0.3, -0.25) is 0 Å². The maximum absolute atomic E-state index is 9.20. The number of nitrogens with one attached hydrogen (secondary N) is 1. The van der Waals surface area contributed by atoms with Crippen molar-refractivity contribution >= 4 is 0 Å². The van der Waals surface area contributed by atoms with Gasteiger partial charge in [0, 0.05) is 12.1 Å². The van der Waals surface area contributed by atoms with Gasteiger partial charge in [0.1, 0.15) is 0 Å². The van der Waals surface area contributed by atoms with Crippen molar-refractivity contribution in [1.29, 1.82) is 0 Å². The Labute approximate surface area is 94.9 Å². The van der Waals surface area contributed by atoms with Crippen LogP contribution in [0.1, 0.15) is 40.5 Å². The maximum Gasteiger partial charge on any atom is 0.0585 e. The molecule has 0 aromatic heterocycles.